The molecule has 0 saturated carbocycles. The van der Waals surface area contributed by atoms with E-state index < -0.39 is 12.6 Å². The molecule has 0 atom stereocenters. The first-order valence-corrected chi connectivity index (χ1v) is 12.1. The summed E-state index contributed by atoms with van der Waals surface area (Å²) < 4.78 is 11.2. The molecular weight excluding hydrogens is 428 g/mol. The van der Waals surface area contributed by atoms with Gasteiger partial charge >= 0.3 is 5.97 Å². The van der Waals surface area contributed by atoms with Gasteiger partial charge in [-0.05, 0) is 55.2 Å². The van der Waals surface area contributed by atoms with Crippen LogP contribution in [-0.2, 0) is 11.2 Å². The second kappa shape index (κ2) is 14.7. The number of carbonyl (C=O) groups excluding carboxylic acids is 1. The molecule has 5 nitrogen and oxygen atoms in total. The third kappa shape index (κ3) is 9.26. The van der Waals surface area contributed by atoms with Crippen molar-refractivity contribution >= 4 is 17.8 Å². The fourth-order valence-corrected chi connectivity index (χ4v) is 3.50. The highest BCUT2D eigenvalue weighted by molar-refractivity contribution is 6.08. The summed E-state index contributed by atoms with van der Waals surface area (Å²) in [5, 5.41) is 9.00. The van der Waals surface area contributed by atoms with E-state index in [1.165, 1.54) is 43.7 Å². The molecule has 182 valence electrons. The third-order valence-corrected chi connectivity index (χ3v) is 5.46. The summed E-state index contributed by atoms with van der Waals surface area (Å²) in [4.78, 5) is 23.9. The minimum Gasteiger partial charge on any atom is -0.481 e. The summed E-state index contributed by atoms with van der Waals surface area (Å²) in [7, 11) is 0. The summed E-state index contributed by atoms with van der Waals surface area (Å²) in [5.74, 6) is 0.0512. The Morgan fingerprint density at radius 1 is 0.971 bits per heavy atom. The van der Waals surface area contributed by atoms with Gasteiger partial charge < -0.3 is 14.6 Å². The van der Waals surface area contributed by atoms with E-state index in [-0.39, 0.29) is 17.1 Å². The molecule has 2 rings (SSSR count). The van der Waals surface area contributed by atoms with Gasteiger partial charge in [-0.25, -0.2) is 4.79 Å². The lowest BCUT2D eigenvalue weighted by Crippen LogP contribution is -2.12. The number of aliphatic carboxylic acids is 1. The van der Waals surface area contributed by atoms with Crippen molar-refractivity contribution in [3.05, 3.63) is 77.1 Å². The quantitative estimate of drug-likeness (QED) is 0.130. The number of ether oxygens (including phenoxy) is 2. The first-order chi connectivity index (χ1) is 16.5. The summed E-state index contributed by atoms with van der Waals surface area (Å²) >= 11 is 0. The van der Waals surface area contributed by atoms with Crippen molar-refractivity contribution in [1.82, 2.24) is 0 Å². The monoisotopic (exact) mass is 464 g/mol. The lowest BCUT2D eigenvalue weighted by molar-refractivity contribution is -0.139. The highest BCUT2D eigenvalue weighted by atomic mass is 16.5. The van der Waals surface area contributed by atoms with Crippen molar-refractivity contribution in [2.75, 3.05) is 6.61 Å². The molecule has 0 heterocycles. The van der Waals surface area contributed by atoms with Gasteiger partial charge in [-0.3, -0.25) is 4.79 Å². The molecule has 34 heavy (non-hydrogen) atoms. The second-order valence-corrected chi connectivity index (χ2v) is 8.15. The number of benzene rings is 2. The average molecular weight is 465 g/mol. The fraction of sp³-hybridized carbons (Fsp3) is 0.379. The molecule has 0 saturated heterocycles. The van der Waals surface area contributed by atoms with Gasteiger partial charge in [0, 0.05) is 12.5 Å². The van der Waals surface area contributed by atoms with Crippen LogP contribution < -0.4 is 9.47 Å². The fourth-order valence-electron chi connectivity index (χ4n) is 3.50. The normalized spacial score (nSPS) is 11.6. The summed E-state index contributed by atoms with van der Waals surface area (Å²) in [5.41, 5.74) is 2.51. The Morgan fingerprint density at radius 3 is 2.35 bits per heavy atom. The van der Waals surface area contributed by atoms with Crippen LogP contribution in [0.5, 0.6) is 11.5 Å². The van der Waals surface area contributed by atoms with Crippen molar-refractivity contribution in [2.45, 2.75) is 65.7 Å². The number of unbranched alkanes of at least 4 members (excludes halogenated alkanes) is 4. The first kappa shape index (κ1) is 26.9. The maximum atomic E-state index is 12.9. The number of hydrogen-bond donors (Lipinski definition) is 1. The number of allylic oxidation sites excluding steroid dienone is 3. The summed E-state index contributed by atoms with van der Waals surface area (Å²) in [6, 6.07) is 13.1. The Bertz CT molecular complexity index is 986. The van der Waals surface area contributed by atoms with Crippen molar-refractivity contribution in [1.29, 1.82) is 0 Å². The van der Waals surface area contributed by atoms with E-state index in [0.29, 0.717) is 12.2 Å². The molecule has 0 unspecified atom stereocenters. The average Bonchev–Trinajstić information content (AvgIpc) is 2.85. The Labute approximate surface area is 203 Å². The van der Waals surface area contributed by atoms with E-state index in [4.69, 9.17) is 14.6 Å². The lowest BCUT2D eigenvalue weighted by atomic mass is 10.0. The van der Waals surface area contributed by atoms with Crippen LogP contribution in [-0.4, -0.2) is 23.5 Å². The molecule has 0 aliphatic carbocycles. The predicted octanol–water partition coefficient (Wildman–Crippen LogP) is 7.25. The van der Waals surface area contributed by atoms with Gasteiger partial charge in [0.1, 0.15) is 11.5 Å². The van der Waals surface area contributed by atoms with E-state index in [1.54, 1.807) is 24.3 Å². The van der Waals surface area contributed by atoms with Crippen LogP contribution >= 0.6 is 0 Å². The van der Waals surface area contributed by atoms with E-state index >= 15 is 0 Å². The Hall–Kier alpha value is -3.34. The lowest BCUT2D eigenvalue weighted by Gasteiger charge is -2.12. The Morgan fingerprint density at radius 2 is 1.71 bits per heavy atom. The van der Waals surface area contributed by atoms with E-state index in [2.05, 4.69) is 19.1 Å². The standard InChI is InChI=1S/C29H36O5/c1-4-7-8-9-10-11-22-12-14-23(15-13-22)16-19-27(30)26-18-17-25(34-24(5-2)6-3)20-28(26)33-21-29(31)32/h5,12-20H,4,6-11,21H2,1-3H3,(H,31,32)/b19-16-,24-5-. The molecule has 0 bridgehead atoms. The van der Waals surface area contributed by atoms with Crippen LogP contribution in [0.2, 0.25) is 0 Å². The van der Waals surface area contributed by atoms with Gasteiger partial charge in [-0.2, -0.15) is 0 Å². The first-order valence-electron chi connectivity index (χ1n) is 12.1. The molecule has 0 radical (unpaired) electrons. The van der Waals surface area contributed by atoms with Crippen molar-refractivity contribution in [3.63, 3.8) is 0 Å². The zero-order valence-corrected chi connectivity index (χ0v) is 20.5. The molecule has 2 aromatic carbocycles. The van der Waals surface area contributed by atoms with Crippen molar-refractivity contribution < 1.29 is 24.2 Å². The highest BCUT2D eigenvalue weighted by Crippen LogP contribution is 2.28. The molecule has 0 aliphatic rings. The number of hydrogen-bond acceptors (Lipinski definition) is 4. The molecule has 0 spiro atoms. The van der Waals surface area contributed by atoms with Crippen LogP contribution in [0.3, 0.4) is 0 Å². The number of rotatable bonds is 15. The number of carboxylic acid groups (broad SMARTS) is 1. The number of aryl methyl sites for hydroxylation is 1. The smallest absolute Gasteiger partial charge is 0.341 e. The minimum atomic E-state index is -1.12. The van der Waals surface area contributed by atoms with E-state index in [0.717, 1.165) is 17.7 Å². The summed E-state index contributed by atoms with van der Waals surface area (Å²) in [6.07, 6.45) is 13.2. The molecular formula is C29H36O5. The van der Waals surface area contributed by atoms with Gasteiger partial charge in [-0.1, -0.05) is 69.9 Å². The van der Waals surface area contributed by atoms with Gasteiger partial charge in [0.25, 0.3) is 0 Å². The molecule has 5 heteroatoms. The third-order valence-electron chi connectivity index (χ3n) is 5.46. The number of carbonyl (C=O) groups is 2. The zero-order valence-electron chi connectivity index (χ0n) is 20.5. The van der Waals surface area contributed by atoms with Gasteiger partial charge in [0.05, 0.1) is 11.3 Å². The van der Waals surface area contributed by atoms with Crippen LogP contribution in [0.25, 0.3) is 6.08 Å². The second-order valence-electron chi connectivity index (χ2n) is 8.15. The molecule has 0 fully saturated rings. The predicted molar refractivity (Wildman–Crippen MR) is 137 cm³/mol. The van der Waals surface area contributed by atoms with Crippen LogP contribution in [0.4, 0.5) is 0 Å². The van der Waals surface area contributed by atoms with Gasteiger partial charge in [-0.15, -0.1) is 0 Å². The van der Waals surface area contributed by atoms with E-state index in [1.807, 2.05) is 32.1 Å². The molecule has 0 aromatic heterocycles. The SMILES string of the molecule is C/C=C(/CC)Oc1ccc(C(=O)/C=C\c2ccc(CCCCCCC)cc2)c(OCC(=O)O)c1. The van der Waals surface area contributed by atoms with Crippen molar-refractivity contribution in [3.8, 4) is 11.5 Å². The van der Waals surface area contributed by atoms with E-state index in [9.17, 15) is 9.59 Å². The van der Waals surface area contributed by atoms with Crippen molar-refractivity contribution in [2.24, 2.45) is 0 Å². The maximum Gasteiger partial charge on any atom is 0.341 e. The molecule has 1 N–H and O–H groups in total. The Kier molecular flexibility index (Phi) is 11.7. The maximum absolute atomic E-state index is 12.9. The Balaban J connectivity index is 2.08. The van der Waals surface area contributed by atoms with Crippen LogP contribution in [0.15, 0.2) is 60.4 Å². The zero-order chi connectivity index (χ0) is 24.8. The molecule has 2 aromatic rings. The largest absolute Gasteiger partial charge is 0.481 e. The number of ketones is 1. The van der Waals surface area contributed by atoms with Gasteiger partial charge in [0.2, 0.25) is 0 Å². The summed E-state index contributed by atoms with van der Waals surface area (Å²) in [6.45, 7) is 5.53. The molecule has 0 aliphatic heterocycles. The highest BCUT2D eigenvalue weighted by Gasteiger charge is 2.14. The minimum absolute atomic E-state index is 0.180. The van der Waals surface area contributed by atoms with Crippen LogP contribution in [0, 0.1) is 0 Å². The topological polar surface area (TPSA) is 72.8 Å². The molecule has 0 amide bonds. The number of carboxylic acids is 1. The van der Waals surface area contributed by atoms with Crippen LogP contribution in [0.1, 0.15) is 80.8 Å². The van der Waals surface area contributed by atoms with Gasteiger partial charge in [0.15, 0.2) is 12.4 Å².